The maximum Gasteiger partial charge on any atom is 0.0388 e. The van der Waals surface area contributed by atoms with E-state index in [9.17, 15) is 0 Å². The van der Waals surface area contributed by atoms with Gasteiger partial charge in [-0.1, -0.05) is 92.9 Å². The van der Waals surface area contributed by atoms with Crippen molar-refractivity contribution in [3.63, 3.8) is 0 Å². The van der Waals surface area contributed by atoms with Crippen molar-refractivity contribution < 1.29 is 0 Å². The summed E-state index contributed by atoms with van der Waals surface area (Å²) < 4.78 is 0. The lowest BCUT2D eigenvalue weighted by Crippen LogP contribution is -2.32. The minimum atomic E-state index is 0.399. The van der Waals surface area contributed by atoms with Crippen LogP contribution >= 0.6 is 0 Å². The van der Waals surface area contributed by atoms with Crippen LogP contribution in [0.3, 0.4) is 0 Å². The van der Waals surface area contributed by atoms with Gasteiger partial charge < -0.3 is 0 Å². The highest BCUT2D eigenvalue weighted by Crippen LogP contribution is 2.64. The maximum absolute atomic E-state index is 5.11. The van der Waals surface area contributed by atoms with E-state index in [4.69, 9.17) is 9.98 Å². The van der Waals surface area contributed by atoms with E-state index in [1.54, 1.807) is 11.4 Å². The molecule has 194 valence electrons. The Hall–Kier alpha value is -0.660. The van der Waals surface area contributed by atoms with Crippen LogP contribution in [0.5, 0.6) is 0 Å². The van der Waals surface area contributed by atoms with E-state index in [1.165, 1.54) is 103 Å². The molecule has 4 aliphatic carbocycles. The van der Waals surface area contributed by atoms with Gasteiger partial charge in [-0.2, -0.15) is 0 Å². The molecule has 0 N–H and O–H groups in total. The van der Waals surface area contributed by atoms with Crippen molar-refractivity contribution in [1.82, 2.24) is 0 Å². The normalized spacial score (nSPS) is 37.5. The van der Waals surface area contributed by atoms with Gasteiger partial charge in [0.2, 0.25) is 0 Å². The smallest absolute Gasteiger partial charge is 0.0388 e. The average Bonchev–Trinajstić information content (AvgIpc) is 3.31. The van der Waals surface area contributed by atoms with E-state index >= 15 is 0 Å². The zero-order valence-electron chi connectivity index (χ0n) is 23.8. The van der Waals surface area contributed by atoms with Crippen LogP contribution in [0.15, 0.2) is 9.98 Å². The molecule has 0 aromatic carbocycles. The molecule has 2 nitrogen and oxygen atoms in total. The fourth-order valence-electron chi connectivity index (χ4n) is 8.40. The molecule has 0 aliphatic heterocycles. The predicted molar refractivity (Wildman–Crippen MR) is 149 cm³/mol. The number of aliphatic imine (C=N–C) groups is 2. The highest BCUT2D eigenvalue weighted by Gasteiger charge is 2.60. The van der Waals surface area contributed by atoms with Crippen LogP contribution in [-0.2, 0) is 0 Å². The van der Waals surface area contributed by atoms with Crippen LogP contribution in [0.2, 0.25) is 0 Å². The molecule has 4 fully saturated rings. The summed E-state index contributed by atoms with van der Waals surface area (Å²) >= 11 is 0. The molecule has 34 heavy (non-hydrogen) atoms. The van der Waals surface area contributed by atoms with E-state index < -0.39 is 0 Å². The van der Waals surface area contributed by atoms with Gasteiger partial charge in [0, 0.05) is 35.3 Å². The van der Waals surface area contributed by atoms with Crippen molar-refractivity contribution in [2.45, 2.75) is 144 Å². The zero-order valence-corrected chi connectivity index (χ0v) is 23.8. The van der Waals surface area contributed by atoms with E-state index in [1.807, 2.05) is 0 Å². The van der Waals surface area contributed by atoms with Crippen LogP contribution in [0, 0.1) is 33.5 Å². The van der Waals surface area contributed by atoms with Crippen LogP contribution in [-0.4, -0.2) is 24.5 Å². The Morgan fingerprint density at radius 1 is 0.529 bits per heavy atom. The van der Waals surface area contributed by atoms with Gasteiger partial charge in [0.25, 0.3) is 0 Å². The van der Waals surface area contributed by atoms with Gasteiger partial charge in [-0.15, -0.1) is 0 Å². The first-order valence-corrected chi connectivity index (χ1v) is 15.2. The number of unbranched alkanes of at least 4 members (excludes halogenated alkanes) is 9. The summed E-state index contributed by atoms with van der Waals surface area (Å²) in [6, 6.07) is 0. The van der Waals surface area contributed by atoms with Crippen molar-refractivity contribution >= 4 is 11.4 Å². The third-order valence-electron chi connectivity index (χ3n) is 12.2. The molecule has 4 unspecified atom stereocenters. The standard InChI is InChI=1S/C32H56N2/c1-29(2)25-17-19-31(29,5)27(23-25)33-21-15-13-11-9-7-8-10-12-14-16-22-34-28-24-26-18-20-32(28,6)30(26,3)4/h25-26H,7-24H2,1-6H3. The van der Waals surface area contributed by atoms with Crippen LogP contribution in [0.4, 0.5) is 0 Å². The Balaban J connectivity index is 0.972. The van der Waals surface area contributed by atoms with Crippen molar-refractivity contribution in [3.05, 3.63) is 0 Å². The molecule has 0 amide bonds. The van der Waals surface area contributed by atoms with Crippen molar-refractivity contribution in [2.24, 2.45) is 43.5 Å². The first-order valence-electron chi connectivity index (χ1n) is 15.2. The topological polar surface area (TPSA) is 24.7 Å². The van der Waals surface area contributed by atoms with Gasteiger partial charge in [-0.3, -0.25) is 9.98 Å². The van der Waals surface area contributed by atoms with Gasteiger partial charge in [0.15, 0.2) is 0 Å². The van der Waals surface area contributed by atoms with Crippen LogP contribution in [0.1, 0.15) is 144 Å². The monoisotopic (exact) mass is 468 g/mol. The Bertz CT molecular complexity index is 695. The van der Waals surface area contributed by atoms with E-state index in [-0.39, 0.29) is 0 Å². The Morgan fingerprint density at radius 3 is 1.12 bits per heavy atom. The van der Waals surface area contributed by atoms with Crippen molar-refractivity contribution in [2.75, 3.05) is 13.1 Å². The largest absolute Gasteiger partial charge is 0.294 e. The molecule has 4 saturated carbocycles. The molecule has 0 aromatic rings. The second-order valence-electron chi connectivity index (χ2n) is 14.2. The molecule has 0 spiro atoms. The quantitative estimate of drug-likeness (QED) is 0.240. The first-order chi connectivity index (χ1) is 16.1. The fraction of sp³-hybridized carbons (Fsp3) is 0.938. The molecule has 4 aliphatic rings. The molecule has 0 heterocycles. The highest BCUT2D eigenvalue weighted by molar-refractivity contribution is 5.94. The van der Waals surface area contributed by atoms with E-state index in [0.29, 0.717) is 21.7 Å². The van der Waals surface area contributed by atoms with Crippen LogP contribution in [0.25, 0.3) is 0 Å². The van der Waals surface area contributed by atoms with Gasteiger partial charge in [0.1, 0.15) is 0 Å². The number of nitrogens with zero attached hydrogens (tertiary/aromatic N) is 2. The van der Waals surface area contributed by atoms with E-state index in [2.05, 4.69) is 41.5 Å². The lowest BCUT2D eigenvalue weighted by atomic mass is 9.70. The van der Waals surface area contributed by atoms with Gasteiger partial charge in [-0.25, -0.2) is 0 Å². The van der Waals surface area contributed by atoms with Gasteiger partial charge in [0.05, 0.1) is 0 Å². The predicted octanol–water partition coefficient (Wildman–Crippen LogP) is 9.46. The number of hydrogen-bond acceptors (Lipinski definition) is 2. The number of hydrogen-bond donors (Lipinski definition) is 0. The molecule has 0 aromatic heterocycles. The summed E-state index contributed by atoms with van der Waals surface area (Å²) in [5.74, 6) is 1.78. The van der Waals surface area contributed by atoms with Gasteiger partial charge >= 0.3 is 0 Å². The SMILES string of the molecule is CC12CCC(CC1=NCCCCCCCCCCCCN=C1CC3CCC1(C)C3(C)C)C2(C)C. The minimum absolute atomic E-state index is 0.399. The summed E-state index contributed by atoms with van der Waals surface area (Å²) in [6.07, 6.45) is 22.0. The molecular formula is C32H56N2. The second-order valence-corrected chi connectivity index (χ2v) is 14.2. The molecule has 0 radical (unpaired) electrons. The summed E-state index contributed by atoms with van der Waals surface area (Å²) in [5, 5.41) is 0. The summed E-state index contributed by atoms with van der Waals surface area (Å²) in [5.41, 5.74) is 4.88. The molecule has 4 atom stereocenters. The highest BCUT2D eigenvalue weighted by atomic mass is 14.8. The third kappa shape index (κ3) is 4.70. The minimum Gasteiger partial charge on any atom is -0.294 e. The first kappa shape index (κ1) is 26.4. The second kappa shape index (κ2) is 10.4. The Morgan fingerprint density at radius 2 is 0.853 bits per heavy atom. The fourth-order valence-corrected chi connectivity index (χ4v) is 8.40. The lowest BCUT2D eigenvalue weighted by Gasteiger charge is -2.34. The summed E-state index contributed by atoms with van der Waals surface area (Å²) in [4.78, 5) is 10.2. The summed E-state index contributed by atoms with van der Waals surface area (Å²) in [6.45, 7) is 17.1. The molecular weight excluding hydrogens is 412 g/mol. The van der Waals surface area contributed by atoms with E-state index in [0.717, 1.165) is 24.9 Å². The molecule has 4 rings (SSSR count). The van der Waals surface area contributed by atoms with Crippen molar-refractivity contribution in [1.29, 1.82) is 0 Å². The van der Waals surface area contributed by atoms with Gasteiger partial charge in [-0.05, 0) is 74.0 Å². The van der Waals surface area contributed by atoms with Crippen molar-refractivity contribution in [3.8, 4) is 0 Å². The van der Waals surface area contributed by atoms with Crippen LogP contribution < -0.4 is 0 Å². The zero-order chi connectivity index (χ0) is 24.5. The molecule has 2 heteroatoms. The number of fused-ring (bicyclic) bond motifs is 4. The Labute approximate surface area is 212 Å². The third-order valence-corrected chi connectivity index (χ3v) is 12.2. The average molecular weight is 469 g/mol. The summed E-state index contributed by atoms with van der Waals surface area (Å²) in [7, 11) is 0. The lowest BCUT2D eigenvalue weighted by molar-refractivity contribution is 0.193. The Kier molecular flexibility index (Phi) is 8.05. The molecule has 0 saturated heterocycles. The molecule has 4 bridgehead atoms. The maximum atomic E-state index is 5.11. The number of rotatable bonds is 13.